The van der Waals surface area contributed by atoms with Gasteiger partial charge in [-0.1, -0.05) is 0 Å². The molecule has 0 spiro atoms. The normalized spacial score (nSPS) is 10.4. The van der Waals surface area contributed by atoms with Crippen molar-refractivity contribution < 1.29 is 13.9 Å². The number of ether oxygens (including phenoxy) is 1. The number of hydrogen-bond donors (Lipinski definition) is 1. The molecule has 24 heavy (non-hydrogen) atoms. The Kier molecular flexibility index (Phi) is 4.42. The zero-order valence-electron chi connectivity index (χ0n) is 12.9. The molecule has 1 aromatic carbocycles. The maximum absolute atomic E-state index is 12.1. The molecule has 2 heterocycles. The van der Waals surface area contributed by atoms with Crippen LogP contribution >= 0.6 is 0 Å². The summed E-state index contributed by atoms with van der Waals surface area (Å²) in [6, 6.07) is 9.83. The van der Waals surface area contributed by atoms with Gasteiger partial charge >= 0.3 is 5.56 Å². The molecule has 0 aliphatic carbocycles. The van der Waals surface area contributed by atoms with Crippen LogP contribution in [0.15, 0.2) is 64.3 Å². The molecule has 0 aliphatic heterocycles. The lowest BCUT2D eigenvalue weighted by molar-refractivity contribution is 0.0996. The van der Waals surface area contributed by atoms with Gasteiger partial charge in [0.05, 0.1) is 6.26 Å². The maximum Gasteiger partial charge on any atom is 0.313 e. The van der Waals surface area contributed by atoms with Crippen molar-refractivity contribution >= 4 is 11.6 Å². The van der Waals surface area contributed by atoms with Crippen LogP contribution in [0.2, 0.25) is 0 Å². The minimum absolute atomic E-state index is 0.00622. The number of nitrogens with one attached hydrogen (secondary N) is 1. The molecule has 0 unspecified atom stereocenters. The van der Waals surface area contributed by atoms with E-state index in [1.165, 1.54) is 17.0 Å². The quantitative estimate of drug-likeness (QED) is 0.779. The van der Waals surface area contributed by atoms with E-state index in [0.717, 1.165) is 0 Å². The van der Waals surface area contributed by atoms with Gasteiger partial charge in [0.2, 0.25) is 0 Å². The highest BCUT2D eigenvalue weighted by Gasteiger charge is 2.10. The number of carbonyl (C=O) groups excluding carboxylic acids is 1. The molecule has 3 rings (SSSR count). The number of carbonyl (C=O) groups is 1. The zero-order valence-corrected chi connectivity index (χ0v) is 12.9. The summed E-state index contributed by atoms with van der Waals surface area (Å²) in [4.78, 5) is 27.9. The lowest BCUT2D eigenvalue weighted by Gasteiger charge is -2.08. The number of benzene rings is 1. The summed E-state index contributed by atoms with van der Waals surface area (Å²) < 4.78 is 12.0. The fourth-order valence-electron chi connectivity index (χ4n) is 2.06. The average Bonchev–Trinajstić information content (AvgIpc) is 3.13. The Morgan fingerprint density at radius 3 is 2.75 bits per heavy atom. The molecular formula is C17H15N3O4. The minimum atomic E-state index is -0.343. The van der Waals surface area contributed by atoms with E-state index in [1.807, 2.05) is 6.92 Å². The topological polar surface area (TPSA) is 86.4 Å². The summed E-state index contributed by atoms with van der Waals surface area (Å²) in [5, 5.41) is 2.70. The fraction of sp³-hybridized carbons (Fsp3) is 0.118. The van der Waals surface area contributed by atoms with Crippen molar-refractivity contribution in [2.24, 2.45) is 0 Å². The highest BCUT2D eigenvalue weighted by Crippen LogP contribution is 2.20. The van der Waals surface area contributed by atoms with Gasteiger partial charge < -0.3 is 19.0 Å². The molecule has 7 nitrogen and oxygen atoms in total. The molecule has 122 valence electrons. The predicted octanol–water partition coefficient (Wildman–Crippen LogP) is 2.90. The van der Waals surface area contributed by atoms with Crippen molar-refractivity contribution in [2.45, 2.75) is 13.5 Å². The first-order valence-electron chi connectivity index (χ1n) is 7.35. The van der Waals surface area contributed by atoms with Crippen LogP contribution in [0.4, 0.5) is 5.69 Å². The number of aromatic nitrogens is 2. The third-order valence-corrected chi connectivity index (χ3v) is 3.29. The third kappa shape index (κ3) is 3.35. The Morgan fingerprint density at radius 2 is 2.08 bits per heavy atom. The first-order valence-corrected chi connectivity index (χ1v) is 7.35. The van der Waals surface area contributed by atoms with Gasteiger partial charge in [-0.15, -0.1) is 0 Å². The molecule has 3 aromatic rings. The largest absolute Gasteiger partial charge is 0.459 e. The summed E-state index contributed by atoms with van der Waals surface area (Å²) in [6.45, 7) is 2.40. The van der Waals surface area contributed by atoms with Gasteiger partial charge in [-0.2, -0.15) is 0 Å². The van der Waals surface area contributed by atoms with Crippen molar-refractivity contribution in [3.63, 3.8) is 0 Å². The van der Waals surface area contributed by atoms with Crippen molar-refractivity contribution in [3.05, 3.63) is 71.2 Å². The van der Waals surface area contributed by atoms with E-state index in [-0.39, 0.29) is 23.1 Å². The molecule has 1 amide bonds. The van der Waals surface area contributed by atoms with Crippen LogP contribution < -0.4 is 15.6 Å². The Morgan fingerprint density at radius 1 is 1.29 bits per heavy atom. The van der Waals surface area contributed by atoms with Gasteiger partial charge in [0.25, 0.3) is 11.8 Å². The fourth-order valence-corrected chi connectivity index (χ4v) is 2.06. The number of furan rings is 1. The predicted molar refractivity (Wildman–Crippen MR) is 87.3 cm³/mol. The molecule has 0 saturated carbocycles. The van der Waals surface area contributed by atoms with Gasteiger partial charge in [0, 0.05) is 24.6 Å². The number of amides is 1. The first-order chi connectivity index (χ1) is 11.7. The zero-order chi connectivity index (χ0) is 16.9. The summed E-state index contributed by atoms with van der Waals surface area (Å²) >= 11 is 0. The third-order valence-electron chi connectivity index (χ3n) is 3.29. The molecular weight excluding hydrogens is 310 g/mol. The molecule has 0 radical (unpaired) electrons. The molecule has 7 heteroatoms. The van der Waals surface area contributed by atoms with Crippen LogP contribution in [0.1, 0.15) is 17.5 Å². The molecule has 0 aliphatic rings. The van der Waals surface area contributed by atoms with Crippen LogP contribution in [-0.2, 0) is 6.54 Å². The molecule has 1 N–H and O–H groups in total. The number of hydrogen-bond acceptors (Lipinski definition) is 5. The monoisotopic (exact) mass is 325 g/mol. The maximum atomic E-state index is 12.1. The number of anilines is 1. The van der Waals surface area contributed by atoms with Crippen LogP contribution in [0.3, 0.4) is 0 Å². The van der Waals surface area contributed by atoms with Crippen molar-refractivity contribution in [3.8, 4) is 11.6 Å². The standard InChI is InChI=1S/C17H15N3O4/c1-2-20-10-9-18-16(17(20)22)24-13-7-5-12(6-8-13)19-15(21)14-4-3-11-23-14/h3-11H,2H2,1H3,(H,19,21). The molecule has 0 saturated heterocycles. The Bertz CT molecular complexity index is 883. The molecule has 2 aromatic heterocycles. The molecule has 0 atom stereocenters. The summed E-state index contributed by atoms with van der Waals surface area (Å²) in [6.07, 6.45) is 4.54. The van der Waals surface area contributed by atoms with E-state index in [0.29, 0.717) is 18.0 Å². The lowest BCUT2D eigenvalue weighted by atomic mass is 10.3. The molecule has 0 fully saturated rings. The van der Waals surface area contributed by atoms with E-state index < -0.39 is 0 Å². The second-order valence-corrected chi connectivity index (χ2v) is 4.88. The highest BCUT2D eigenvalue weighted by molar-refractivity contribution is 6.02. The van der Waals surface area contributed by atoms with Crippen LogP contribution in [0.5, 0.6) is 11.6 Å². The van der Waals surface area contributed by atoms with Gasteiger partial charge in [-0.3, -0.25) is 9.59 Å². The highest BCUT2D eigenvalue weighted by atomic mass is 16.5. The number of aryl methyl sites for hydroxylation is 1. The van der Waals surface area contributed by atoms with E-state index in [4.69, 9.17) is 9.15 Å². The van der Waals surface area contributed by atoms with E-state index in [9.17, 15) is 9.59 Å². The Hall–Kier alpha value is -3.35. The second-order valence-electron chi connectivity index (χ2n) is 4.88. The first kappa shape index (κ1) is 15.5. The Balaban J connectivity index is 1.71. The smallest absolute Gasteiger partial charge is 0.313 e. The van der Waals surface area contributed by atoms with E-state index in [2.05, 4.69) is 10.3 Å². The molecule has 0 bridgehead atoms. The second kappa shape index (κ2) is 6.82. The van der Waals surface area contributed by atoms with Crippen LogP contribution in [0, 0.1) is 0 Å². The number of nitrogens with zero attached hydrogens (tertiary/aromatic N) is 2. The average molecular weight is 325 g/mol. The van der Waals surface area contributed by atoms with Crippen molar-refractivity contribution in [1.82, 2.24) is 9.55 Å². The van der Waals surface area contributed by atoms with Crippen LogP contribution in [0.25, 0.3) is 0 Å². The van der Waals surface area contributed by atoms with Gasteiger partial charge in [0.1, 0.15) is 5.75 Å². The van der Waals surface area contributed by atoms with Gasteiger partial charge in [0.15, 0.2) is 5.76 Å². The summed E-state index contributed by atoms with van der Waals surface area (Å²) in [7, 11) is 0. The van der Waals surface area contributed by atoms with Gasteiger partial charge in [-0.05, 0) is 43.3 Å². The minimum Gasteiger partial charge on any atom is -0.459 e. The summed E-state index contributed by atoms with van der Waals surface area (Å²) in [5.41, 5.74) is 0.283. The van der Waals surface area contributed by atoms with Crippen molar-refractivity contribution in [2.75, 3.05) is 5.32 Å². The van der Waals surface area contributed by atoms with E-state index >= 15 is 0 Å². The Labute approximate surface area is 137 Å². The van der Waals surface area contributed by atoms with Crippen LogP contribution in [-0.4, -0.2) is 15.5 Å². The van der Waals surface area contributed by atoms with Crippen molar-refractivity contribution in [1.29, 1.82) is 0 Å². The van der Waals surface area contributed by atoms with E-state index in [1.54, 1.807) is 42.6 Å². The lowest BCUT2D eigenvalue weighted by Crippen LogP contribution is -2.20. The summed E-state index contributed by atoms with van der Waals surface area (Å²) in [5.74, 6) is 0.337. The number of rotatable bonds is 5. The SMILES string of the molecule is CCn1ccnc(Oc2ccc(NC(=O)c3ccco3)cc2)c1=O. The van der Waals surface area contributed by atoms with Gasteiger partial charge in [-0.25, -0.2) is 4.98 Å².